The van der Waals surface area contributed by atoms with Crippen LogP contribution in [0.1, 0.15) is 52.9 Å². The van der Waals surface area contributed by atoms with Crippen LogP contribution in [0.25, 0.3) is 0 Å². The molecule has 0 aliphatic heterocycles. The molecule has 2 unspecified atom stereocenters. The molecule has 17 heavy (non-hydrogen) atoms. The minimum absolute atomic E-state index is 0.765. The van der Waals surface area contributed by atoms with Crippen LogP contribution in [0, 0.1) is 17.8 Å². The molecular weight excluding hydrogens is 204 g/mol. The van der Waals surface area contributed by atoms with Gasteiger partial charge in [-0.05, 0) is 31.1 Å². The normalized spacial score (nSPS) is 21.4. The Morgan fingerprint density at radius 3 is 2.47 bits per heavy atom. The summed E-state index contributed by atoms with van der Waals surface area (Å²) in [5, 5.41) is 0. The molecule has 0 spiro atoms. The lowest BCUT2D eigenvalue weighted by Gasteiger charge is -2.25. The summed E-state index contributed by atoms with van der Waals surface area (Å²) >= 11 is 0. The van der Waals surface area contributed by atoms with Crippen molar-refractivity contribution in [2.24, 2.45) is 17.8 Å². The number of hydrogen-bond acceptors (Lipinski definition) is 0. The van der Waals surface area contributed by atoms with Crippen LogP contribution in [-0.2, 0) is 0 Å². The van der Waals surface area contributed by atoms with E-state index < -0.39 is 0 Å². The summed E-state index contributed by atoms with van der Waals surface area (Å²) in [6.45, 7) is 11.0. The molecule has 1 aliphatic carbocycles. The zero-order valence-corrected chi connectivity index (χ0v) is 11.8. The Morgan fingerprint density at radius 1 is 1.24 bits per heavy atom. The standard InChI is InChI=1S/C17H28/c1-5-6-7-10-14(2)13-15(3)16(4)17-11-8-9-12-17/h5-7,10,15-17H,2,8-9,11-13H2,1,3-4H3/b6-5-,10-7-. The molecule has 0 nitrogen and oxygen atoms in total. The maximum absolute atomic E-state index is 4.15. The second-order valence-corrected chi connectivity index (χ2v) is 5.63. The van der Waals surface area contributed by atoms with Crippen LogP contribution in [0.5, 0.6) is 0 Å². The van der Waals surface area contributed by atoms with E-state index in [4.69, 9.17) is 0 Å². The van der Waals surface area contributed by atoms with E-state index in [0.29, 0.717) is 0 Å². The second kappa shape index (κ2) is 7.53. The monoisotopic (exact) mass is 232 g/mol. The van der Waals surface area contributed by atoms with Crippen molar-refractivity contribution in [1.29, 1.82) is 0 Å². The van der Waals surface area contributed by atoms with E-state index in [1.165, 1.54) is 31.3 Å². The molecule has 2 atom stereocenters. The van der Waals surface area contributed by atoms with Crippen LogP contribution < -0.4 is 0 Å². The van der Waals surface area contributed by atoms with Crippen molar-refractivity contribution in [3.05, 3.63) is 36.5 Å². The van der Waals surface area contributed by atoms with E-state index in [1.54, 1.807) is 0 Å². The van der Waals surface area contributed by atoms with Gasteiger partial charge in [0, 0.05) is 0 Å². The van der Waals surface area contributed by atoms with Crippen LogP contribution in [0.3, 0.4) is 0 Å². The van der Waals surface area contributed by atoms with E-state index in [1.807, 2.05) is 13.0 Å². The molecular formula is C17H28. The Bertz CT molecular complexity index is 276. The first-order valence-corrected chi connectivity index (χ1v) is 7.12. The summed E-state index contributed by atoms with van der Waals surface area (Å²) in [5.74, 6) is 2.59. The first kappa shape index (κ1) is 14.3. The lowest BCUT2D eigenvalue weighted by Crippen LogP contribution is -2.16. The van der Waals surface area contributed by atoms with Crippen molar-refractivity contribution in [3.63, 3.8) is 0 Å². The molecule has 0 amide bonds. The van der Waals surface area contributed by atoms with E-state index in [0.717, 1.165) is 24.2 Å². The molecule has 0 aromatic carbocycles. The van der Waals surface area contributed by atoms with Crippen molar-refractivity contribution in [1.82, 2.24) is 0 Å². The molecule has 0 bridgehead atoms. The van der Waals surface area contributed by atoms with E-state index >= 15 is 0 Å². The topological polar surface area (TPSA) is 0 Å². The summed E-state index contributed by atoms with van der Waals surface area (Å²) in [5.41, 5.74) is 1.26. The molecule has 96 valence electrons. The first-order chi connectivity index (χ1) is 8.15. The minimum atomic E-state index is 0.765. The Morgan fingerprint density at radius 2 is 1.88 bits per heavy atom. The molecule has 1 saturated carbocycles. The third kappa shape index (κ3) is 4.93. The molecule has 0 heteroatoms. The highest BCUT2D eigenvalue weighted by Crippen LogP contribution is 2.36. The fraction of sp³-hybridized carbons (Fsp3) is 0.647. The molecule has 0 radical (unpaired) electrons. The van der Waals surface area contributed by atoms with Gasteiger partial charge in [0.1, 0.15) is 0 Å². The van der Waals surface area contributed by atoms with Gasteiger partial charge in [-0.1, -0.05) is 76.0 Å². The fourth-order valence-electron chi connectivity index (χ4n) is 2.92. The summed E-state index contributed by atoms with van der Waals surface area (Å²) in [6, 6.07) is 0. The Balaban J connectivity index is 2.36. The predicted octanol–water partition coefficient (Wildman–Crippen LogP) is 5.53. The van der Waals surface area contributed by atoms with Gasteiger partial charge < -0.3 is 0 Å². The van der Waals surface area contributed by atoms with Crippen LogP contribution in [-0.4, -0.2) is 0 Å². The summed E-state index contributed by atoms with van der Waals surface area (Å²) in [7, 11) is 0. The highest BCUT2D eigenvalue weighted by molar-refractivity contribution is 5.19. The van der Waals surface area contributed by atoms with Gasteiger partial charge in [0.2, 0.25) is 0 Å². The zero-order chi connectivity index (χ0) is 12.7. The maximum Gasteiger partial charge on any atom is -0.0256 e. The maximum atomic E-state index is 4.15. The van der Waals surface area contributed by atoms with Crippen molar-refractivity contribution in [2.45, 2.75) is 52.9 Å². The molecule has 0 heterocycles. The Kier molecular flexibility index (Phi) is 6.32. The Labute approximate surface area is 108 Å². The summed E-state index contributed by atoms with van der Waals surface area (Å²) < 4.78 is 0. The van der Waals surface area contributed by atoms with E-state index in [-0.39, 0.29) is 0 Å². The summed E-state index contributed by atoms with van der Waals surface area (Å²) in [6.07, 6.45) is 15.3. The highest BCUT2D eigenvalue weighted by atomic mass is 14.3. The van der Waals surface area contributed by atoms with Gasteiger partial charge in [-0.3, -0.25) is 0 Å². The third-order valence-corrected chi connectivity index (χ3v) is 4.26. The van der Waals surface area contributed by atoms with Crippen LogP contribution in [0.2, 0.25) is 0 Å². The average molecular weight is 232 g/mol. The number of rotatable bonds is 6. The quantitative estimate of drug-likeness (QED) is 0.528. The Hall–Kier alpha value is -0.780. The fourth-order valence-corrected chi connectivity index (χ4v) is 2.92. The lowest BCUT2D eigenvalue weighted by molar-refractivity contribution is 0.265. The average Bonchev–Trinajstić information content (AvgIpc) is 2.81. The van der Waals surface area contributed by atoms with Crippen molar-refractivity contribution >= 4 is 0 Å². The van der Waals surface area contributed by atoms with Crippen molar-refractivity contribution < 1.29 is 0 Å². The molecule has 1 fully saturated rings. The largest absolute Gasteiger partial charge is 0.0958 e. The molecule has 0 N–H and O–H groups in total. The zero-order valence-electron chi connectivity index (χ0n) is 11.8. The molecule has 1 aliphatic rings. The SMILES string of the molecule is C=C(/C=C\C=C/C)CC(C)C(C)C1CCCC1. The molecule has 0 saturated heterocycles. The van der Waals surface area contributed by atoms with E-state index in [2.05, 4.69) is 38.7 Å². The van der Waals surface area contributed by atoms with Crippen LogP contribution in [0.4, 0.5) is 0 Å². The van der Waals surface area contributed by atoms with E-state index in [9.17, 15) is 0 Å². The van der Waals surface area contributed by atoms with Gasteiger partial charge in [-0.15, -0.1) is 0 Å². The van der Waals surface area contributed by atoms with Gasteiger partial charge in [0.25, 0.3) is 0 Å². The van der Waals surface area contributed by atoms with Gasteiger partial charge in [-0.2, -0.15) is 0 Å². The lowest BCUT2D eigenvalue weighted by atomic mass is 9.80. The van der Waals surface area contributed by atoms with Crippen molar-refractivity contribution in [3.8, 4) is 0 Å². The molecule has 1 rings (SSSR count). The third-order valence-electron chi connectivity index (χ3n) is 4.26. The predicted molar refractivity (Wildman–Crippen MR) is 78.0 cm³/mol. The van der Waals surface area contributed by atoms with Crippen molar-refractivity contribution in [2.75, 3.05) is 0 Å². The second-order valence-electron chi connectivity index (χ2n) is 5.63. The van der Waals surface area contributed by atoms with Gasteiger partial charge in [-0.25, -0.2) is 0 Å². The van der Waals surface area contributed by atoms with Gasteiger partial charge in [0.15, 0.2) is 0 Å². The van der Waals surface area contributed by atoms with Gasteiger partial charge >= 0.3 is 0 Å². The van der Waals surface area contributed by atoms with Crippen LogP contribution >= 0.6 is 0 Å². The first-order valence-electron chi connectivity index (χ1n) is 7.12. The smallest absolute Gasteiger partial charge is 0.0256 e. The summed E-state index contributed by atoms with van der Waals surface area (Å²) in [4.78, 5) is 0. The number of hydrogen-bond donors (Lipinski definition) is 0. The van der Waals surface area contributed by atoms with Gasteiger partial charge in [0.05, 0.1) is 0 Å². The number of allylic oxidation sites excluding steroid dienone is 5. The highest BCUT2D eigenvalue weighted by Gasteiger charge is 2.25. The molecule has 0 aromatic rings. The molecule has 0 aromatic heterocycles. The van der Waals surface area contributed by atoms with Crippen LogP contribution in [0.15, 0.2) is 36.5 Å². The minimum Gasteiger partial charge on any atom is -0.0958 e.